The average molecular weight is 327 g/mol. The molecule has 18 heavy (non-hydrogen) atoms. The third-order valence-corrected chi connectivity index (χ3v) is 4.71. The molecule has 3 rings (SSSR count). The molecule has 1 aliphatic rings. The lowest BCUT2D eigenvalue weighted by Crippen LogP contribution is -2.17. The molecule has 0 aliphatic heterocycles. The highest BCUT2D eigenvalue weighted by molar-refractivity contribution is 9.11. The van der Waals surface area contributed by atoms with Gasteiger partial charge in [-0.25, -0.2) is 0 Å². The van der Waals surface area contributed by atoms with Gasteiger partial charge in [0.25, 0.3) is 0 Å². The van der Waals surface area contributed by atoms with Crippen LogP contribution < -0.4 is 0 Å². The number of hydrogen-bond donors (Lipinski definition) is 0. The predicted octanol–water partition coefficient (Wildman–Crippen LogP) is 3.79. The van der Waals surface area contributed by atoms with Crippen LogP contribution in [0.15, 0.2) is 20.4 Å². The number of aromatic nitrogens is 2. The van der Waals surface area contributed by atoms with Crippen LogP contribution in [0.2, 0.25) is 0 Å². The van der Waals surface area contributed by atoms with E-state index in [0.29, 0.717) is 18.1 Å². The molecule has 1 unspecified atom stereocenters. The van der Waals surface area contributed by atoms with E-state index in [9.17, 15) is 4.79 Å². The van der Waals surface area contributed by atoms with Crippen molar-refractivity contribution in [2.75, 3.05) is 0 Å². The smallest absolute Gasteiger partial charge is 0.237 e. The Morgan fingerprint density at radius 1 is 1.39 bits per heavy atom. The summed E-state index contributed by atoms with van der Waals surface area (Å²) >= 11 is 4.95. The van der Waals surface area contributed by atoms with Gasteiger partial charge in [-0.05, 0) is 40.9 Å². The van der Waals surface area contributed by atoms with E-state index in [2.05, 4.69) is 26.1 Å². The Labute approximate surface area is 117 Å². The first kappa shape index (κ1) is 12.0. The predicted molar refractivity (Wildman–Crippen MR) is 71.5 cm³/mol. The van der Waals surface area contributed by atoms with E-state index in [-0.39, 0.29) is 11.7 Å². The molecule has 0 spiro atoms. The van der Waals surface area contributed by atoms with Crippen LogP contribution in [-0.4, -0.2) is 15.9 Å². The van der Waals surface area contributed by atoms with Gasteiger partial charge in [0.05, 0.1) is 14.6 Å². The van der Waals surface area contributed by atoms with Crippen molar-refractivity contribution in [3.63, 3.8) is 0 Å². The van der Waals surface area contributed by atoms with Crippen molar-refractivity contribution in [3.8, 4) is 10.7 Å². The fourth-order valence-electron chi connectivity index (χ4n) is 2.16. The van der Waals surface area contributed by atoms with Crippen molar-refractivity contribution >= 4 is 33.0 Å². The second kappa shape index (κ2) is 4.93. The molecule has 1 saturated carbocycles. The Morgan fingerprint density at radius 3 is 3.00 bits per heavy atom. The lowest BCUT2D eigenvalue weighted by atomic mass is 9.88. The molecule has 1 atom stereocenters. The van der Waals surface area contributed by atoms with Crippen LogP contribution in [0.4, 0.5) is 0 Å². The van der Waals surface area contributed by atoms with Crippen LogP contribution in [0.5, 0.6) is 0 Å². The van der Waals surface area contributed by atoms with Crippen LogP contribution in [0.25, 0.3) is 10.7 Å². The summed E-state index contributed by atoms with van der Waals surface area (Å²) in [5.41, 5.74) is 0. The quantitative estimate of drug-likeness (QED) is 0.842. The van der Waals surface area contributed by atoms with Gasteiger partial charge in [0.2, 0.25) is 11.7 Å². The van der Waals surface area contributed by atoms with Crippen molar-refractivity contribution < 1.29 is 9.32 Å². The summed E-state index contributed by atoms with van der Waals surface area (Å²) in [6.07, 6.45) is 3.49. The highest BCUT2D eigenvalue weighted by Crippen LogP contribution is 2.33. The third kappa shape index (κ3) is 2.27. The van der Waals surface area contributed by atoms with Gasteiger partial charge >= 0.3 is 0 Å². The Balaban J connectivity index is 1.87. The number of ketones is 1. The SMILES string of the molecule is O=C1CCCCC1c1nc(-c2ccc(Br)s2)no1. The first-order valence-corrected chi connectivity index (χ1v) is 7.47. The van der Waals surface area contributed by atoms with Gasteiger partial charge in [0, 0.05) is 6.42 Å². The fourth-order valence-corrected chi connectivity index (χ4v) is 3.47. The van der Waals surface area contributed by atoms with E-state index >= 15 is 0 Å². The molecule has 0 N–H and O–H groups in total. The molecule has 0 amide bonds. The molecule has 1 fully saturated rings. The average Bonchev–Trinajstić information content (AvgIpc) is 2.98. The number of carbonyl (C=O) groups excluding carboxylic acids is 1. The van der Waals surface area contributed by atoms with Gasteiger partial charge < -0.3 is 4.52 Å². The van der Waals surface area contributed by atoms with Crippen LogP contribution in [0.1, 0.15) is 37.5 Å². The molecule has 0 aromatic carbocycles. The van der Waals surface area contributed by atoms with E-state index in [1.54, 1.807) is 11.3 Å². The second-order valence-corrected chi connectivity index (χ2v) is 6.79. The van der Waals surface area contributed by atoms with E-state index < -0.39 is 0 Å². The second-order valence-electron chi connectivity index (χ2n) is 4.32. The summed E-state index contributed by atoms with van der Waals surface area (Å²) in [7, 11) is 0. The van der Waals surface area contributed by atoms with Gasteiger partial charge in [0.1, 0.15) is 5.78 Å². The van der Waals surface area contributed by atoms with Crippen molar-refractivity contribution in [1.82, 2.24) is 10.1 Å². The molecule has 1 aliphatic carbocycles. The van der Waals surface area contributed by atoms with Gasteiger partial charge in [-0.15, -0.1) is 11.3 Å². The number of halogens is 1. The van der Waals surface area contributed by atoms with Gasteiger partial charge in [-0.1, -0.05) is 11.6 Å². The highest BCUT2D eigenvalue weighted by Gasteiger charge is 2.29. The molecule has 0 bridgehead atoms. The zero-order valence-electron chi connectivity index (χ0n) is 9.56. The van der Waals surface area contributed by atoms with E-state index in [4.69, 9.17) is 4.52 Å². The standard InChI is InChI=1S/C12H11BrN2O2S/c13-10-6-5-9(18-10)11-14-12(17-15-11)7-3-1-2-4-8(7)16/h5-7H,1-4H2. The molecule has 2 aromatic heterocycles. The maximum atomic E-state index is 11.8. The number of rotatable bonds is 2. The minimum absolute atomic E-state index is 0.191. The Morgan fingerprint density at radius 2 is 2.28 bits per heavy atom. The first-order valence-electron chi connectivity index (χ1n) is 5.86. The van der Waals surface area contributed by atoms with Crippen LogP contribution in [0, 0.1) is 0 Å². The monoisotopic (exact) mass is 326 g/mol. The lowest BCUT2D eigenvalue weighted by molar-refractivity contribution is -0.122. The van der Waals surface area contributed by atoms with E-state index in [1.165, 1.54) is 0 Å². The summed E-state index contributed by atoms with van der Waals surface area (Å²) in [4.78, 5) is 17.1. The van der Waals surface area contributed by atoms with Crippen molar-refractivity contribution in [3.05, 3.63) is 21.8 Å². The summed E-state index contributed by atoms with van der Waals surface area (Å²) in [6.45, 7) is 0. The van der Waals surface area contributed by atoms with Gasteiger partial charge in [0.15, 0.2) is 0 Å². The Bertz CT molecular complexity index is 578. The Kier molecular flexibility index (Phi) is 3.30. The fraction of sp³-hybridized carbons (Fsp3) is 0.417. The molecular formula is C12H11BrN2O2S. The highest BCUT2D eigenvalue weighted by atomic mass is 79.9. The normalized spacial score (nSPS) is 20.3. The summed E-state index contributed by atoms with van der Waals surface area (Å²) < 4.78 is 6.27. The summed E-state index contributed by atoms with van der Waals surface area (Å²) in [5.74, 6) is 1.07. The van der Waals surface area contributed by atoms with Crippen LogP contribution in [-0.2, 0) is 4.79 Å². The van der Waals surface area contributed by atoms with Gasteiger partial charge in [-0.3, -0.25) is 4.79 Å². The molecule has 94 valence electrons. The van der Waals surface area contributed by atoms with Crippen LogP contribution in [0.3, 0.4) is 0 Å². The zero-order chi connectivity index (χ0) is 12.5. The van der Waals surface area contributed by atoms with Crippen molar-refractivity contribution in [1.29, 1.82) is 0 Å². The van der Waals surface area contributed by atoms with E-state index in [0.717, 1.165) is 27.9 Å². The van der Waals surface area contributed by atoms with Crippen LogP contribution >= 0.6 is 27.3 Å². The van der Waals surface area contributed by atoms with E-state index in [1.807, 2.05) is 12.1 Å². The molecule has 2 aromatic rings. The minimum Gasteiger partial charge on any atom is -0.338 e. The summed E-state index contributed by atoms with van der Waals surface area (Å²) in [6, 6.07) is 3.88. The van der Waals surface area contributed by atoms with Crippen molar-refractivity contribution in [2.24, 2.45) is 0 Å². The third-order valence-electron chi connectivity index (χ3n) is 3.09. The first-order chi connectivity index (χ1) is 8.74. The Hall–Kier alpha value is -1.01. The molecule has 2 heterocycles. The number of carbonyl (C=O) groups is 1. The molecule has 6 heteroatoms. The molecule has 0 radical (unpaired) electrons. The molecule has 4 nitrogen and oxygen atoms in total. The van der Waals surface area contributed by atoms with Gasteiger partial charge in [-0.2, -0.15) is 4.98 Å². The topological polar surface area (TPSA) is 56.0 Å². The number of thiophene rings is 1. The number of nitrogens with zero attached hydrogens (tertiary/aromatic N) is 2. The lowest BCUT2D eigenvalue weighted by Gasteiger charge is -2.16. The maximum absolute atomic E-state index is 11.8. The van der Waals surface area contributed by atoms with Crippen molar-refractivity contribution in [2.45, 2.75) is 31.6 Å². The molecule has 0 saturated heterocycles. The number of Topliss-reactive ketones (excluding diaryl/α,β-unsaturated/α-hetero) is 1. The minimum atomic E-state index is -0.191. The maximum Gasteiger partial charge on any atom is 0.237 e. The zero-order valence-corrected chi connectivity index (χ0v) is 12.0. The summed E-state index contributed by atoms with van der Waals surface area (Å²) in [5, 5.41) is 3.96. The largest absolute Gasteiger partial charge is 0.338 e. The molecular weight excluding hydrogens is 316 g/mol. The number of hydrogen-bond acceptors (Lipinski definition) is 5.